The number of nitrogens with one attached hydrogen (secondary N) is 1. The van der Waals surface area contributed by atoms with Gasteiger partial charge in [0.05, 0.1) is 0 Å². The molecule has 0 amide bonds. The quantitative estimate of drug-likeness (QED) is 0.560. The number of hydrogen-bond donors (Lipinski definition) is 1. The van der Waals surface area contributed by atoms with Gasteiger partial charge in [0.1, 0.15) is 0 Å². The van der Waals surface area contributed by atoms with Gasteiger partial charge in [-0.25, -0.2) is 0 Å². The first kappa shape index (κ1) is 18.3. The van der Waals surface area contributed by atoms with E-state index < -0.39 is 0 Å². The van der Waals surface area contributed by atoms with Gasteiger partial charge in [0.25, 0.3) is 0 Å². The highest BCUT2D eigenvalue weighted by Crippen LogP contribution is 2.21. The summed E-state index contributed by atoms with van der Waals surface area (Å²) in [7, 11) is 0. The minimum atomic E-state index is 0.948. The predicted octanol–water partition coefficient (Wildman–Crippen LogP) is 5.89. The zero-order chi connectivity index (χ0) is 16.4. The van der Waals surface area contributed by atoms with Gasteiger partial charge in [-0.1, -0.05) is 62.4 Å². The Balaban J connectivity index is 2.89. The molecule has 1 heteroatoms. The summed E-state index contributed by atoms with van der Waals surface area (Å²) in [6, 6.07) is 8.91. The largest absolute Gasteiger partial charge is 0.389 e. The summed E-state index contributed by atoms with van der Waals surface area (Å²) in [4.78, 5) is 0. The van der Waals surface area contributed by atoms with Gasteiger partial charge in [-0.2, -0.15) is 0 Å². The molecule has 0 spiro atoms. The molecule has 0 aliphatic rings. The molecule has 22 heavy (non-hydrogen) atoms. The molecule has 1 nitrogen and oxygen atoms in total. The molecular weight excluding hydrogens is 266 g/mol. The maximum atomic E-state index is 4.06. The van der Waals surface area contributed by atoms with E-state index in [9.17, 15) is 0 Å². The molecule has 0 heterocycles. The Hall–Kier alpha value is -1.76. The van der Waals surface area contributed by atoms with Crippen molar-refractivity contribution < 1.29 is 0 Å². The van der Waals surface area contributed by atoms with Gasteiger partial charge in [-0.05, 0) is 56.2 Å². The zero-order valence-corrected chi connectivity index (χ0v) is 14.7. The van der Waals surface area contributed by atoms with E-state index in [0.717, 1.165) is 37.9 Å². The average molecular weight is 297 g/mol. The maximum Gasteiger partial charge on any atom is 0.0115 e. The minimum Gasteiger partial charge on any atom is -0.389 e. The smallest absolute Gasteiger partial charge is 0.0115 e. The van der Waals surface area contributed by atoms with Gasteiger partial charge in [0.15, 0.2) is 0 Å². The molecule has 0 saturated heterocycles. The lowest BCUT2D eigenvalue weighted by molar-refractivity contribution is 0.778. The summed E-state index contributed by atoms with van der Waals surface area (Å²) < 4.78 is 0. The van der Waals surface area contributed by atoms with E-state index >= 15 is 0 Å². The van der Waals surface area contributed by atoms with Crippen molar-refractivity contribution in [2.45, 2.75) is 53.4 Å². The third-order valence-corrected chi connectivity index (χ3v) is 3.79. The van der Waals surface area contributed by atoms with Crippen LogP contribution in [0, 0.1) is 0 Å². The normalized spacial score (nSPS) is 12.4. The molecule has 1 rings (SSSR count). The highest BCUT2D eigenvalue weighted by Gasteiger charge is 2.02. The molecule has 0 radical (unpaired) electrons. The fraction of sp³-hybridized carbons (Fsp3) is 0.429. The second-order valence-electron chi connectivity index (χ2n) is 5.75. The lowest BCUT2D eigenvalue weighted by Crippen LogP contribution is -2.11. The lowest BCUT2D eigenvalue weighted by atomic mass is 9.98. The first-order valence-corrected chi connectivity index (χ1v) is 8.48. The van der Waals surface area contributed by atoms with Crippen molar-refractivity contribution in [1.29, 1.82) is 0 Å². The van der Waals surface area contributed by atoms with Gasteiger partial charge in [0.2, 0.25) is 0 Å². The van der Waals surface area contributed by atoms with E-state index in [1.165, 1.54) is 22.3 Å². The number of hydrogen-bond acceptors (Lipinski definition) is 1. The number of allylic oxidation sites excluding steroid dienone is 5. The SMILES string of the molecule is C=C(CCc1cccc(C(/C=C(/C)CC)=C/CC)c1)NCC. The Kier molecular flexibility index (Phi) is 8.35. The molecular formula is C21H31N. The van der Waals surface area contributed by atoms with Gasteiger partial charge in [0, 0.05) is 12.2 Å². The van der Waals surface area contributed by atoms with E-state index in [4.69, 9.17) is 0 Å². The molecule has 0 aromatic heterocycles. The van der Waals surface area contributed by atoms with Crippen LogP contribution in [0.4, 0.5) is 0 Å². The van der Waals surface area contributed by atoms with Crippen molar-refractivity contribution in [1.82, 2.24) is 5.32 Å². The Morgan fingerprint density at radius 3 is 2.64 bits per heavy atom. The Bertz CT molecular complexity index is 535. The lowest BCUT2D eigenvalue weighted by Gasteiger charge is -2.10. The molecule has 0 fully saturated rings. The van der Waals surface area contributed by atoms with E-state index in [-0.39, 0.29) is 0 Å². The summed E-state index contributed by atoms with van der Waals surface area (Å²) in [6.45, 7) is 13.7. The summed E-state index contributed by atoms with van der Waals surface area (Å²) in [5.41, 5.74) is 6.58. The Morgan fingerprint density at radius 1 is 1.23 bits per heavy atom. The Morgan fingerprint density at radius 2 is 2.00 bits per heavy atom. The van der Waals surface area contributed by atoms with Crippen molar-refractivity contribution in [2.75, 3.05) is 6.54 Å². The minimum absolute atomic E-state index is 0.948. The molecule has 1 aromatic carbocycles. The van der Waals surface area contributed by atoms with E-state index in [2.05, 4.69) is 76.0 Å². The zero-order valence-electron chi connectivity index (χ0n) is 14.7. The maximum absolute atomic E-state index is 4.06. The monoisotopic (exact) mass is 297 g/mol. The van der Waals surface area contributed by atoms with Crippen LogP contribution in [0.1, 0.15) is 58.1 Å². The highest BCUT2D eigenvalue weighted by atomic mass is 14.9. The number of rotatable bonds is 9. The number of benzene rings is 1. The second-order valence-corrected chi connectivity index (χ2v) is 5.75. The van der Waals surface area contributed by atoms with E-state index in [0.29, 0.717) is 0 Å². The number of aryl methyl sites for hydroxylation is 1. The summed E-state index contributed by atoms with van der Waals surface area (Å²) in [5.74, 6) is 0. The summed E-state index contributed by atoms with van der Waals surface area (Å²) in [6.07, 6.45) is 8.83. The second kappa shape index (κ2) is 10.0. The van der Waals surface area contributed by atoms with Crippen molar-refractivity contribution in [3.63, 3.8) is 0 Å². The fourth-order valence-corrected chi connectivity index (χ4v) is 2.39. The highest BCUT2D eigenvalue weighted by molar-refractivity contribution is 5.74. The van der Waals surface area contributed by atoms with E-state index in [1.807, 2.05) is 0 Å². The van der Waals surface area contributed by atoms with Crippen LogP contribution in [0.25, 0.3) is 5.57 Å². The van der Waals surface area contributed by atoms with Crippen molar-refractivity contribution >= 4 is 5.57 Å². The first-order valence-electron chi connectivity index (χ1n) is 8.48. The van der Waals surface area contributed by atoms with Gasteiger partial charge < -0.3 is 5.32 Å². The predicted molar refractivity (Wildman–Crippen MR) is 99.9 cm³/mol. The van der Waals surface area contributed by atoms with Crippen LogP contribution < -0.4 is 5.32 Å². The molecule has 0 atom stereocenters. The van der Waals surface area contributed by atoms with Crippen LogP contribution in [-0.2, 0) is 6.42 Å². The average Bonchev–Trinajstić information content (AvgIpc) is 2.53. The van der Waals surface area contributed by atoms with Crippen LogP contribution in [0.5, 0.6) is 0 Å². The molecule has 0 aliphatic carbocycles. The van der Waals surface area contributed by atoms with Crippen LogP contribution in [0.15, 0.2) is 54.3 Å². The van der Waals surface area contributed by atoms with Gasteiger partial charge in [-0.3, -0.25) is 0 Å². The van der Waals surface area contributed by atoms with Crippen LogP contribution >= 0.6 is 0 Å². The molecule has 0 unspecified atom stereocenters. The first-order chi connectivity index (χ1) is 10.6. The van der Waals surface area contributed by atoms with Crippen molar-refractivity contribution in [2.24, 2.45) is 0 Å². The third kappa shape index (κ3) is 6.34. The summed E-state index contributed by atoms with van der Waals surface area (Å²) in [5, 5.41) is 3.29. The van der Waals surface area contributed by atoms with Gasteiger partial charge in [-0.15, -0.1) is 0 Å². The Labute approximate surface area is 136 Å². The van der Waals surface area contributed by atoms with Gasteiger partial charge >= 0.3 is 0 Å². The topological polar surface area (TPSA) is 12.0 Å². The molecule has 1 aromatic rings. The molecule has 120 valence electrons. The van der Waals surface area contributed by atoms with Crippen LogP contribution in [0.2, 0.25) is 0 Å². The van der Waals surface area contributed by atoms with Crippen LogP contribution in [-0.4, -0.2) is 6.54 Å². The van der Waals surface area contributed by atoms with Crippen LogP contribution in [0.3, 0.4) is 0 Å². The van der Waals surface area contributed by atoms with Crippen molar-refractivity contribution in [3.05, 3.63) is 65.4 Å². The molecule has 1 N–H and O–H groups in total. The van der Waals surface area contributed by atoms with E-state index in [1.54, 1.807) is 0 Å². The molecule has 0 aliphatic heterocycles. The van der Waals surface area contributed by atoms with Crippen molar-refractivity contribution in [3.8, 4) is 0 Å². The molecule has 0 bridgehead atoms. The fourth-order valence-electron chi connectivity index (χ4n) is 2.39. The standard InChI is InChI=1S/C21H31N/c1-6-10-20(15-17(4)7-2)21-12-9-11-19(16-21)14-13-18(5)22-8-3/h9-12,15-16,22H,5-8,13-14H2,1-4H3/b17-15-,20-10+. The summed E-state index contributed by atoms with van der Waals surface area (Å²) >= 11 is 0. The molecule has 0 saturated carbocycles. The third-order valence-electron chi connectivity index (χ3n) is 3.79.